The van der Waals surface area contributed by atoms with E-state index in [0.29, 0.717) is 11.4 Å². The van der Waals surface area contributed by atoms with Crippen molar-refractivity contribution < 1.29 is 27.5 Å². The van der Waals surface area contributed by atoms with E-state index in [-0.39, 0.29) is 4.90 Å². The van der Waals surface area contributed by atoms with E-state index in [1.54, 1.807) is 37.3 Å². The molecule has 0 aliphatic carbocycles. The molecule has 0 bridgehead atoms. The molecule has 0 aromatic heterocycles. The fourth-order valence-electron chi connectivity index (χ4n) is 2.19. The second-order valence-corrected chi connectivity index (χ2v) is 7.77. The van der Waals surface area contributed by atoms with Crippen LogP contribution >= 0.6 is 0 Å². The Kier molecular flexibility index (Phi) is 7.13. The third-order valence-corrected chi connectivity index (χ3v) is 5.33. The minimum absolute atomic E-state index is 0.0562. The van der Waals surface area contributed by atoms with Crippen LogP contribution in [0.2, 0.25) is 0 Å². The summed E-state index contributed by atoms with van der Waals surface area (Å²) >= 11 is 0. The SMILES string of the molecule is COc1ccc(NC(=O)COC(=O)CNS(=O)(=O)c2ccc(C)c(C)c2)cc1. The third-order valence-electron chi connectivity index (χ3n) is 3.93. The van der Waals surface area contributed by atoms with Gasteiger partial charge in [-0.2, -0.15) is 4.72 Å². The van der Waals surface area contributed by atoms with Gasteiger partial charge < -0.3 is 14.8 Å². The highest BCUT2D eigenvalue weighted by molar-refractivity contribution is 7.89. The summed E-state index contributed by atoms with van der Waals surface area (Å²) in [7, 11) is -2.32. The van der Waals surface area contributed by atoms with E-state index < -0.39 is 35.1 Å². The average Bonchev–Trinajstić information content (AvgIpc) is 2.67. The maximum atomic E-state index is 12.2. The van der Waals surface area contributed by atoms with Gasteiger partial charge in [0.25, 0.3) is 5.91 Å². The van der Waals surface area contributed by atoms with Crippen LogP contribution in [0.15, 0.2) is 47.4 Å². The van der Waals surface area contributed by atoms with Crippen molar-refractivity contribution in [1.82, 2.24) is 4.72 Å². The lowest BCUT2D eigenvalue weighted by Crippen LogP contribution is -2.32. The zero-order valence-electron chi connectivity index (χ0n) is 15.8. The Bertz CT molecular complexity index is 955. The van der Waals surface area contributed by atoms with E-state index in [1.807, 2.05) is 6.92 Å². The van der Waals surface area contributed by atoms with E-state index in [2.05, 4.69) is 10.0 Å². The number of ether oxygens (including phenoxy) is 2. The van der Waals surface area contributed by atoms with Crippen LogP contribution in [-0.2, 0) is 24.3 Å². The van der Waals surface area contributed by atoms with Crippen LogP contribution in [0.25, 0.3) is 0 Å². The molecule has 0 radical (unpaired) electrons. The molecular formula is C19H22N2O6S. The Morgan fingerprint density at radius 1 is 1.00 bits per heavy atom. The smallest absolute Gasteiger partial charge is 0.321 e. The highest BCUT2D eigenvalue weighted by Crippen LogP contribution is 2.15. The second-order valence-electron chi connectivity index (χ2n) is 6.01. The van der Waals surface area contributed by atoms with Crippen LogP contribution in [0.3, 0.4) is 0 Å². The first-order valence-corrected chi connectivity index (χ1v) is 9.86. The molecule has 0 saturated carbocycles. The third kappa shape index (κ3) is 6.07. The number of sulfonamides is 1. The zero-order chi connectivity index (χ0) is 20.7. The number of benzene rings is 2. The molecule has 0 unspecified atom stereocenters. The van der Waals surface area contributed by atoms with Crippen LogP contribution in [0.5, 0.6) is 5.75 Å². The minimum atomic E-state index is -3.85. The normalized spacial score (nSPS) is 11.0. The molecule has 8 nitrogen and oxygen atoms in total. The van der Waals surface area contributed by atoms with Crippen LogP contribution in [0, 0.1) is 13.8 Å². The Morgan fingerprint density at radius 3 is 2.29 bits per heavy atom. The van der Waals surface area contributed by atoms with E-state index in [9.17, 15) is 18.0 Å². The van der Waals surface area contributed by atoms with Crippen LogP contribution in [-0.4, -0.2) is 40.6 Å². The number of carbonyl (C=O) groups is 2. The molecule has 2 aromatic carbocycles. The molecule has 2 N–H and O–H groups in total. The number of aryl methyl sites for hydroxylation is 2. The molecule has 28 heavy (non-hydrogen) atoms. The molecule has 1 amide bonds. The molecule has 9 heteroatoms. The van der Waals surface area contributed by atoms with Gasteiger partial charge >= 0.3 is 5.97 Å². The highest BCUT2D eigenvalue weighted by atomic mass is 32.2. The van der Waals surface area contributed by atoms with Crippen molar-refractivity contribution in [1.29, 1.82) is 0 Å². The predicted octanol–water partition coefficient (Wildman–Crippen LogP) is 1.77. The van der Waals surface area contributed by atoms with Gasteiger partial charge in [-0.1, -0.05) is 6.07 Å². The highest BCUT2D eigenvalue weighted by Gasteiger charge is 2.17. The predicted molar refractivity (Wildman–Crippen MR) is 104 cm³/mol. The first-order chi connectivity index (χ1) is 13.2. The Hall–Kier alpha value is -2.91. The Balaban J connectivity index is 1.81. The molecule has 0 heterocycles. The number of esters is 1. The van der Waals surface area contributed by atoms with Crippen molar-refractivity contribution in [3.8, 4) is 5.75 Å². The summed E-state index contributed by atoms with van der Waals surface area (Å²) in [4.78, 5) is 23.6. The number of methoxy groups -OCH3 is 1. The monoisotopic (exact) mass is 406 g/mol. The van der Waals surface area contributed by atoms with Gasteiger partial charge in [0.05, 0.1) is 12.0 Å². The number of hydrogen-bond donors (Lipinski definition) is 2. The van der Waals surface area contributed by atoms with Gasteiger partial charge in [-0.25, -0.2) is 8.42 Å². The van der Waals surface area contributed by atoms with Crippen molar-refractivity contribution in [3.63, 3.8) is 0 Å². The van der Waals surface area contributed by atoms with Crippen molar-refractivity contribution >= 4 is 27.6 Å². The Labute approximate surface area is 163 Å². The van der Waals surface area contributed by atoms with E-state index in [1.165, 1.54) is 19.2 Å². The molecule has 0 atom stereocenters. The van der Waals surface area contributed by atoms with Crippen molar-refractivity contribution in [3.05, 3.63) is 53.6 Å². The standard InChI is InChI=1S/C19H22N2O6S/c1-13-4-9-17(10-14(13)2)28(24,25)20-11-19(23)27-12-18(22)21-15-5-7-16(26-3)8-6-15/h4-10,20H,11-12H2,1-3H3,(H,21,22). The van der Waals surface area contributed by atoms with Gasteiger partial charge in [-0.05, 0) is 61.4 Å². The molecule has 0 spiro atoms. The summed E-state index contributed by atoms with van der Waals surface area (Å²) < 4.78 is 36.4. The van der Waals surface area contributed by atoms with Crippen molar-refractivity contribution in [2.45, 2.75) is 18.7 Å². The molecule has 0 saturated heterocycles. The summed E-state index contributed by atoms with van der Waals surface area (Å²) in [6.45, 7) is 2.55. The summed E-state index contributed by atoms with van der Waals surface area (Å²) in [5.41, 5.74) is 2.29. The van der Waals surface area contributed by atoms with Gasteiger partial charge in [0.15, 0.2) is 6.61 Å². The Morgan fingerprint density at radius 2 is 1.68 bits per heavy atom. The van der Waals surface area contributed by atoms with Crippen LogP contribution in [0.1, 0.15) is 11.1 Å². The second kappa shape index (κ2) is 9.34. The van der Waals surface area contributed by atoms with Crippen molar-refractivity contribution in [2.75, 3.05) is 25.6 Å². The lowest BCUT2D eigenvalue weighted by molar-refractivity contribution is -0.146. The minimum Gasteiger partial charge on any atom is -0.497 e. The van der Waals surface area contributed by atoms with Crippen LogP contribution in [0.4, 0.5) is 5.69 Å². The van der Waals surface area contributed by atoms with Gasteiger partial charge in [0, 0.05) is 5.69 Å². The number of nitrogens with one attached hydrogen (secondary N) is 2. The summed E-state index contributed by atoms with van der Waals surface area (Å²) in [6, 6.07) is 11.3. The number of amides is 1. The summed E-state index contributed by atoms with van der Waals surface area (Å²) in [6.07, 6.45) is 0. The van der Waals surface area contributed by atoms with Gasteiger partial charge in [-0.3, -0.25) is 9.59 Å². The number of hydrogen-bond acceptors (Lipinski definition) is 6. The van der Waals surface area contributed by atoms with E-state index >= 15 is 0 Å². The first kappa shape index (κ1) is 21.4. The maximum absolute atomic E-state index is 12.2. The largest absolute Gasteiger partial charge is 0.497 e. The summed E-state index contributed by atoms with van der Waals surface area (Å²) in [5.74, 6) is -0.770. The molecular weight excluding hydrogens is 384 g/mol. The van der Waals surface area contributed by atoms with Gasteiger partial charge in [0.2, 0.25) is 10.0 Å². The number of carbonyl (C=O) groups excluding carboxylic acids is 2. The topological polar surface area (TPSA) is 111 Å². The first-order valence-electron chi connectivity index (χ1n) is 8.38. The number of rotatable bonds is 8. The fraction of sp³-hybridized carbons (Fsp3) is 0.263. The van der Waals surface area contributed by atoms with E-state index in [4.69, 9.17) is 9.47 Å². The van der Waals surface area contributed by atoms with Crippen molar-refractivity contribution in [2.24, 2.45) is 0 Å². The summed E-state index contributed by atoms with van der Waals surface area (Å²) in [5, 5.41) is 2.55. The quantitative estimate of drug-likeness (QED) is 0.647. The zero-order valence-corrected chi connectivity index (χ0v) is 16.6. The molecule has 2 rings (SSSR count). The molecule has 0 aliphatic rings. The maximum Gasteiger partial charge on any atom is 0.321 e. The number of anilines is 1. The van der Waals surface area contributed by atoms with Gasteiger partial charge in [-0.15, -0.1) is 0 Å². The van der Waals surface area contributed by atoms with E-state index in [0.717, 1.165) is 11.1 Å². The van der Waals surface area contributed by atoms with Crippen LogP contribution < -0.4 is 14.8 Å². The molecule has 150 valence electrons. The molecule has 2 aromatic rings. The fourth-order valence-corrected chi connectivity index (χ4v) is 3.24. The molecule has 0 aliphatic heterocycles. The lowest BCUT2D eigenvalue weighted by atomic mass is 10.1. The lowest BCUT2D eigenvalue weighted by Gasteiger charge is -2.09. The molecule has 0 fully saturated rings. The van der Waals surface area contributed by atoms with Gasteiger partial charge in [0.1, 0.15) is 12.3 Å². The average molecular weight is 406 g/mol.